The summed E-state index contributed by atoms with van der Waals surface area (Å²) in [7, 11) is 0. The minimum absolute atomic E-state index is 0.0160. The molecule has 0 radical (unpaired) electrons. The highest BCUT2D eigenvalue weighted by molar-refractivity contribution is 6.37. The van der Waals surface area contributed by atoms with E-state index in [1.54, 1.807) is 6.07 Å². The summed E-state index contributed by atoms with van der Waals surface area (Å²) in [6.45, 7) is 0. The summed E-state index contributed by atoms with van der Waals surface area (Å²) in [5.74, 6) is -0.109. The molecule has 21 heavy (non-hydrogen) atoms. The lowest BCUT2D eigenvalue weighted by Crippen LogP contribution is -2.12. The van der Waals surface area contributed by atoms with Crippen molar-refractivity contribution in [1.29, 1.82) is 5.26 Å². The fourth-order valence-electron chi connectivity index (χ4n) is 1.91. The second kappa shape index (κ2) is 5.47. The smallest absolute Gasteiger partial charge is 0.314 e. The summed E-state index contributed by atoms with van der Waals surface area (Å²) in [6, 6.07) is 5.02. The van der Waals surface area contributed by atoms with Crippen molar-refractivity contribution in [3.05, 3.63) is 28.0 Å². The summed E-state index contributed by atoms with van der Waals surface area (Å²) >= 11 is 11.9. The summed E-state index contributed by atoms with van der Waals surface area (Å²) in [5, 5.41) is 9.45. The molecule has 0 amide bonds. The van der Waals surface area contributed by atoms with Gasteiger partial charge in [0, 0.05) is 6.07 Å². The molecule has 7 heteroatoms. The minimum Gasteiger partial charge on any atom is -0.424 e. The van der Waals surface area contributed by atoms with Crippen molar-refractivity contribution in [2.45, 2.75) is 19.3 Å². The van der Waals surface area contributed by atoms with Crippen LogP contribution >= 0.6 is 23.2 Å². The van der Waals surface area contributed by atoms with Gasteiger partial charge in [0.15, 0.2) is 5.75 Å². The number of carbonyl (C=O) groups excluding carboxylic acids is 1. The monoisotopic (exact) mass is 321 g/mol. The standard InChI is InChI=1S/C14H9Cl2N3O2/c15-8-5-12(16)18-10-6-11(21-14(20)7-1-2-7)9(3-4-17)19-13(8)10/h5-7H,1-3H2. The molecule has 1 aliphatic rings. The lowest BCUT2D eigenvalue weighted by atomic mass is 10.2. The molecular weight excluding hydrogens is 313 g/mol. The Kier molecular flexibility index (Phi) is 3.66. The van der Waals surface area contributed by atoms with Crippen molar-refractivity contribution in [3.63, 3.8) is 0 Å². The number of halogens is 2. The van der Waals surface area contributed by atoms with E-state index in [9.17, 15) is 4.79 Å². The van der Waals surface area contributed by atoms with Crippen LogP contribution in [0, 0.1) is 17.2 Å². The van der Waals surface area contributed by atoms with Crippen LogP contribution in [0.5, 0.6) is 5.75 Å². The normalized spacial score (nSPS) is 14.0. The van der Waals surface area contributed by atoms with E-state index in [0.717, 1.165) is 12.8 Å². The van der Waals surface area contributed by atoms with Crippen LogP contribution in [0.3, 0.4) is 0 Å². The second-order valence-electron chi connectivity index (χ2n) is 4.76. The van der Waals surface area contributed by atoms with Crippen LogP contribution in [0.25, 0.3) is 11.0 Å². The maximum absolute atomic E-state index is 11.8. The largest absolute Gasteiger partial charge is 0.424 e. The van der Waals surface area contributed by atoms with Crippen molar-refractivity contribution in [3.8, 4) is 11.8 Å². The van der Waals surface area contributed by atoms with Crippen molar-refractivity contribution < 1.29 is 9.53 Å². The van der Waals surface area contributed by atoms with Gasteiger partial charge in [-0.05, 0) is 18.9 Å². The van der Waals surface area contributed by atoms with Gasteiger partial charge in [-0.15, -0.1) is 0 Å². The maximum atomic E-state index is 11.8. The highest BCUT2D eigenvalue weighted by atomic mass is 35.5. The lowest BCUT2D eigenvalue weighted by Gasteiger charge is -2.09. The predicted octanol–water partition coefficient (Wildman–Crippen LogP) is 3.32. The molecule has 0 spiro atoms. The molecule has 0 unspecified atom stereocenters. The summed E-state index contributed by atoms with van der Waals surface area (Å²) in [6.07, 6.45) is 1.69. The Morgan fingerprint density at radius 2 is 2.14 bits per heavy atom. The first-order chi connectivity index (χ1) is 10.1. The molecule has 1 fully saturated rings. The Labute approximate surface area is 130 Å². The highest BCUT2D eigenvalue weighted by Gasteiger charge is 2.32. The number of pyridine rings is 2. The average molecular weight is 322 g/mol. The fourth-order valence-corrected chi connectivity index (χ4v) is 2.40. The van der Waals surface area contributed by atoms with E-state index in [1.165, 1.54) is 6.07 Å². The first-order valence-electron chi connectivity index (χ1n) is 6.33. The third-order valence-corrected chi connectivity index (χ3v) is 3.59. The van der Waals surface area contributed by atoms with Crippen LogP contribution in [0.2, 0.25) is 10.2 Å². The molecule has 1 saturated carbocycles. The first kappa shape index (κ1) is 14.1. The Hall–Kier alpha value is -1.90. The summed E-state index contributed by atoms with van der Waals surface area (Å²) < 4.78 is 5.33. The number of hydrogen-bond acceptors (Lipinski definition) is 5. The first-order valence-corrected chi connectivity index (χ1v) is 7.08. The summed E-state index contributed by atoms with van der Waals surface area (Å²) in [5.41, 5.74) is 1.22. The molecule has 0 aliphatic heterocycles. The van der Waals surface area contributed by atoms with E-state index in [4.69, 9.17) is 33.2 Å². The molecule has 1 aliphatic carbocycles. The van der Waals surface area contributed by atoms with E-state index in [-0.39, 0.29) is 29.2 Å². The van der Waals surface area contributed by atoms with Gasteiger partial charge in [-0.1, -0.05) is 23.2 Å². The Morgan fingerprint density at radius 1 is 1.38 bits per heavy atom. The number of nitrogens with zero attached hydrogens (tertiary/aromatic N) is 3. The van der Waals surface area contributed by atoms with Gasteiger partial charge >= 0.3 is 5.97 Å². The second-order valence-corrected chi connectivity index (χ2v) is 5.55. The molecule has 0 aromatic carbocycles. The third kappa shape index (κ3) is 2.92. The van der Waals surface area contributed by atoms with Gasteiger partial charge in [-0.3, -0.25) is 4.79 Å². The summed E-state index contributed by atoms with van der Waals surface area (Å²) in [4.78, 5) is 20.2. The molecule has 0 saturated heterocycles. The van der Waals surface area contributed by atoms with Crippen LogP contribution in [-0.4, -0.2) is 15.9 Å². The Morgan fingerprint density at radius 3 is 2.81 bits per heavy atom. The van der Waals surface area contributed by atoms with Gasteiger partial charge in [0.25, 0.3) is 0 Å². The molecule has 0 bridgehead atoms. The van der Waals surface area contributed by atoms with Crippen LogP contribution in [0.4, 0.5) is 0 Å². The highest BCUT2D eigenvalue weighted by Crippen LogP contribution is 2.33. The number of aromatic nitrogens is 2. The molecule has 5 nitrogen and oxygen atoms in total. The molecule has 0 atom stereocenters. The molecule has 0 N–H and O–H groups in total. The van der Waals surface area contributed by atoms with E-state index in [0.29, 0.717) is 21.7 Å². The Bertz CT molecular complexity index is 782. The lowest BCUT2D eigenvalue weighted by molar-refractivity contribution is -0.135. The van der Waals surface area contributed by atoms with Crippen LogP contribution < -0.4 is 4.74 Å². The number of esters is 1. The molecule has 2 heterocycles. The van der Waals surface area contributed by atoms with Crippen LogP contribution in [0.15, 0.2) is 12.1 Å². The van der Waals surface area contributed by atoms with Crippen molar-refractivity contribution in [2.24, 2.45) is 5.92 Å². The molecule has 3 rings (SSSR count). The van der Waals surface area contributed by atoms with E-state index >= 15 is 0 Å². The van der Waals surface area contributed by atoms with E-state index < -0.39 is 0 Å². The van der Waals surface area contributed by atoms with Gasteiger partial charge in [-0.2, -0.15) is 5.26 Å². The number of fused-ring (bicyclic) bond motifs is 1. The number of carbonyl (C=O) groups is 1. The predicted molar refractivity (Wildman–Crippen MR) is 77.2 cm³/mol. The number of rotatable bonds is 3. The van der Waals surface area contributed by atoms with Crippen molar-refractivity contribution in [2.75, 3.05) is 0 Å². The van der Waals surface area contributed by atoms with Gasteiger partial charge in [0.2, 0.25) is 0 Å². The number of nitriles is 1. The zero-order valence-corrected chi connectivity index (χ0v) is 12.3. The van der Waals surface area contributed by atoms with Gasteiger partial charge in [0.1, 0.15) is 10.7 Å². The molecule has 106 valence electrons. The average Bonchev–Trinajstić information content (AvgIpc) is 3.24. The molecule has 2 aromatic rings. The fraction of sp³-hybridized carbons (Fsp3) is 0.286. The quantitative estimate of drug-likeness (QED) is 0.640. The molecule has 2 aromatic heterocycles. The van der Waals surface area contributed by atoms with Gasteiger partial charge < -0.3 is 4.74 Å². The zero-order chi connectivity index (χ0) is 15.0. The van der Waals surface area contributed by atoms with Crippen molar-refractivity contribution in [1.82, 2.24) is 9.97 Å². The minimum atomic E-state index is -0.302. The van der Waals surface area contributed by atoms with Crippen LogP contribution in [0.1, 0.15) is 18.5 Å². The van der Waals surface area contributed by atoms with E-state index in [1.807, 2.05) is 6.07 Å². The third-order valence-electron chi connectivity index (χ3n) is 3.11. The van der Waals surface area contributed by atoms with Crippen LogP contribution in [-0.2, 0) is 11.2 Å². The van der Waals surface area contributed by atoms with Gasteiger partial charge in [-0.25, -0.2) is 9.97 Å². The Balaban J connectivity index is 2.09. The van der Waals surface area contributed by atoms with Crippen molar-refractivity contribution >= 4 is 40.2 Å². The van der Waals surface area contributed by atoms with E-state index in [2.05, 4.69) is 9.97 Å². The maximum Gasteiger partial charge on any atom is 0.314 e. The topological polar surface area (TPSA) is 75.9 Å². The molecular formula is C14H9Cl2N3O2. The number of ether oxygens (including phenoxy) is 1. The number of hydrogen-bond donors (Lipinski definition) is 0. The SMILES string of the molecule is N#CCc1nc2c(Cl)cc(Cl)nc2cc1OC(=O)C1CC1. The van der Waals surface area contributed by atoms with Gasteiger partial charge in [0.05, 0.1) is 34.6 Å². The zero-order valence-electron chi connectivity index (χ0n) is 10.8.